The SMILES string of the molecule is Cc1cccc(OCC(=O)OCC(=O)N[C@H]2CCS(=O)(=O)C2)c1. The second-order valence-corrected chi connectivity index (χ2v) is 7.66. The molecule has 2 rings (SSSR count). The molecule has 0 radical (unpaired) electrons. The van der Waals surface area contributed by atoms with Crippen LogP contribution in [0.1, 0.15) is 12.0 Å². The van der Waals surface area contributed by atoms with Gasteiger partial charge in [0.15, 0.2) is 23.1 Å². The Kier molecular flexibility index (Phi) is 5.59. The molecule has 1 saturated heterocycles. The van der Waals surface area contributed by atoms with E-state index in [4.69, 9.17) is 9.47 Å². The molecule has 0 unspecified atom stereocenters. The molecule has 8 heteroatoms. The van der Waals surface area contributed by atoms with Crippen LogP contribution in [-0.2, 0) is 24.2 Å². The minimum absolute atomic E-state index is 0.0663. The molecule has 0 saturated carbocycles. The van der Waals surface area contributed by atoms with Crippen LogP contribution in [-0.4, -0.2) is 51.1 Å². The lowest BCUT2D eigenvalue weighted by molar-refractivity contribution is -0.150. The number of aryl methyl sites for hydroxylation is 1. The second kappa shape index (κ2) is 7.45. The molecule has 1 amide bonds. The maximum Gasteiger partial charge on any atom is 0.344 e. The van der Waals surface area contributed by atoms with Crippen LogP contribution in [0.15, 0.2) is 24.3 Å². The maximum atomic E-state index is 11.6. The summed E-state index contributed by atoms with van der Waals surface area (Å²) in [7, 11) is -3.06. The minimum Gasteiger partial charge on any atom is -0.482 e. The van der Waals surface area contributed by atoms with Crippen molar-refractivity contribution >= 4 is 21.7 Å². The van der Waals surface area contributed by atoms with Crippen LogP contribution >= 0.6 is 0 Å². The molecule has 1 aromatic rings. The Hall–Kier alpha value is -2.09. The van der Waals surface area contributed by atoms with E-state index in [9.17, 15) is 18.0 Å². The van der Waals surface area contributed by atoms with Crippen molar-refractivity contribution in [3.63, 3.8) is 0 Å². The number of carbonyl (C=O) groups excluding carboxylic acids is 2. The van der Waals surface area contributed by atoms with Crippen molar-refractivity contribution in [1.29, 1.82) is 0 Å². The van der Waals surface area contributed by atoms with Crippen LogP contribution in [0.25, 0.3) is 0 Å². The molecule has 0 aliphatic carbocycles. The molecular formula is C15H19NO6S. The number of rotatable bonds is 6. The number of esters is 1. The zero-order valence-electron chi connectivity index (χ0n) is 12.8. The fourth-order valence-corrected chi connectivity index (χ4v) is 3.89. The molecule has 23 heavy (non-hydrogen) atoms. The largest absolute Gasteiger partial charge is 0.482 e. The van der Waals surface area contributed by atoms with E-state index in [1.165, 1.54) is 0 Å². The topological polar surface area (TPSA) is 98.8 Å². The molecule has 126 valence electrons. The van der Waals surface area contributed by atoms with Crippen molar-refractivity contribution in [2.75, 3.05) is 24.7 Å². The van der Waals surface area contributed by atoms with Crippen LogP contribution < -0.4 is 10.1 Å². The van der Waals surface area contributed by atoms with E-state index in [1.807, 2.05) is 13.0 Å². The third-order valence-electron chi connectivity index (χ3n) is 3.31. The fraction of sp³-hybridized carbons (Fsp3) is 0.467. The van der Waals surface area contributed by atoms with Gasteiger partial charge in [-0.2, -0.15) is 0 Å². The van der Waals surface area contributed by atoms with Gasteiger partial charge in [0, 0.05) is 6.04 Å². The highest BCUT2D eigenvalue weighted by molar-refractivity contribution is 7.91. The monoisotopic (exact) mass is 341 g/mol. The number of ether oxygens (including phenoxy) is 2. The number of amides is 1. The summed E-state index contributed by atoms with van der Waals surface area (Å²) in [5.74, 6) is -0.634. The van der Waals surface area contributed by atoms with E-state index in [0.29, 0.717) is 12.2 Å². The van der Waals surface area contributed by atoms with Crippen molar-refractivity contribution in [2.24, 2.45) is 0 Å². The molecular weight excluding hydrogens is 322 g/mol. The lowest BCUT2D eigenvalue weighted by Crippen LogP contribution is -2.38. The minimum atomic E-state index is -3.06. The van der Waals surface area contributed by atoms with Gasteiger partial charge in [-0.15, -0.1) is 0 Å². The first-order valence-corrected chi connectivity index (χ1v) is 9.01. The van der Waals surface area contributed by atoms with Gasteiger partial charge in [-0.1, -0.05) is 12.1 Å². The molecule has 0 spiro atoms. The number of benzene rings is 1. The van der Waals surface area contributed by atoms with E-state index >= 15 is 0 Å². The molecule has 1 fully saturated rings. The molecule has 0 bridgehead atoms. The van der Waals surface area contributed by atoms with E-state index in [0.717, 1.165) is 5.56 Å². The predicted octanol–water partition coefficient (Wildman–Crippen LogP) is 0.220. The smallest absolute Gasteiger partial charge is 0.344 e. The second-order valence-electron chi connectivity index (χ2n) is 5.43. The van der Waals surface area contributed by atoms with E-state index in [-0.39, 0.29) is 18.1 Å². The van der Waals surface area contributed by atoms with Crippen molar-refractivity contribution in [3.05, 3.63) is 29.8 Å². The zero-order valence-corrected chi connectivity index (χ0v) is 13.6. The van der Waals surface area contributed by atoms with E-state index in [1.54, 1.807) is 18.2 Å². The van der Waals surface area contributed by atoms with E-state index < -0.39 is 34.4 Å². The van der Waals surface area contributed by atoms with Gasteiger partial charge in [-0.25, -0.2) is 13.2 Å². The Labute approximate surface area is 134 Å². The van der Waals surface area contributed by atoms with Crippen molar-refractivity contribution in [3.8, 4) is 5.75 Å². The van der Waals surface area contributed by atoms with Gasteiger partial charge in [0.05, 0.1) is 11.5 Å². The first kappa shape index (κ1) is 17.3. The zero-order chi connectivity index (χ0) is 16.9. The summed E-state index contributed by atoms with van der Waals surface area (Å²) in [5, 5.41) is 2.53. The van der Waals surface area contributed by atoms with Crippen molar-refractivity contribution < 1.29 is 27.5 Å². The van der Waals surface area contributed by atoms with E-state index in [2.05, 4.69) is 5.32 Å². The molecule has 1 aliphatic heterocycles. The predicted molar refractivity (Wildman–Crippen MR) is 82.8 cm³/mol. The maximum absolute atomic E-state index is 11.6. The molecule has 1 aromatic carbocycles. The lowest BCUT2D eigenvalue weighted by atomic mass is 10.2. The molecule has 1 N–H and O–H groups in total. The quantitative estimate of drug-likeness (QED) is 0.743. The van der Waals surface area contributed by atoms with Gasteiger partial charge in [0.2, 0.25) is 0 Å². The normalized spacial score (nSPS) is 19.1. The number of hydrogen-bond donors (Lipinski definition) is 1. The van der Waals surface area contributed by atoms with Crippen LogP contribution in [0.3, 0.4) is 0 Å². The van der Waals surface area contributed by atoms with Gasteiger partial charge < -0.3 is 14.8 Å². The Bertz CT molecular complexity index is 685. The molecule has 1 atom stereocenters. The third kappa shape index (κ3) is 5.90. The first-order chi connectivity index (χ1) is 10.8. The number of hydrogen-bond acceptors (Lipinski definition) is 6. The number of sulfone groups is 1. The molecule has 1 heterocycles. The first-order valence-electron chi connectivity index (χ1n) is 7.19. The Morgan fingerprint density at radius 1 is 1.30 bits per heavy atom. The summed E-state index contributed by atoms with van der Waals surface area (Å²) in [5.41, 5.74) is 1.00. The molecule has 0 aromatic heterocycles. The third-order valence-corrected chi connectivity index (χ3v) is 5.08. The van der Waals surface area contributed by atoms with Crippen molar-refractivity contribution in [2.45, 2.75) is 19.4 Å². The fourth-order valence-electron chi connectivity index (χ4n) is 2.21. The van der Waals surface area contributed by atoms with Crippen molar-refractivity contribution in [1.82, 2.24) is 5.32 Å². The summed E-state index contributed by atoms with van der Waals surface area (Å²) >= 11 is 0. The van der Waals surface area contributed by atoms with Crippen LogP contribution in [0, 0.1) is 6.92 Å². The standard InChI is InChI=1S/C15H19NO6S/c1-11-3-2-4-13(7-11)21-9-15(18)22-8-14(17)16-12-5-6-23(19,20)10-12/h2-4,7,12H,5-6,8-10H2,1H3,(H,16,17)/t12-/m0/s1. The molecule has 7 nitrogen and oxygen atoms in total. The van der Waals surface area contributed by atoms with Gasteiger partial charge >= 0.3 is 5.97 Å². The molecule has 1 aliphatic rings. The lowest BCUT2D eigenvalue weighted by Gasteiger charge is -2.11. The average Bonchev–Trinajstić information content (AvgIpc) is 2.82. The Morgan fingerprint density at radius 3 is 2.74 bits per heavy atom. The van der Waals surface area contributed by atoms with Gasteiger partial charge in [-0.05, 0) is 31.0 Å². The Balaban J connectivity index is 1.67. The van der Waals surface area contributed by atoms with Crippen LogP contribution in [0.5, 0.6) is 5.75 Å². The number of carbonyl (C=O) groups is 2. The highest BCUT2D eigenvalue weighted by Gasteiger charge is 2.29. The van der Waals surface area contributed by atoms with Gasteiger partial charge in [0.1, 0.15) is 5.75 Å². The number of nitrogens with one attached hydrogen (secondary N) is 1. The van der Waals surface area contributed by atoms with Gasteiger partial charge in [-0.3, -0.25) is 4.79 Å². The highest BCUT2D eigenvalue weighted by atomic mass is 32.2. The van der Waals surface area contributed by atoms with Crippen LogP contribution in [0.2, 0.25) is 0 Å². The summed E-state index contributed by atoms with van der Waals surface area (Å²) < 4.78 is 32.6. The summed E-state index contributed by atoms with van der Waals surface area (Å²) in [6.45, 7) is 1.15. The van der Waals surface area contributed by atoms with Crippen LogP contribution in [0.4, 0.5) is 0 Å². The highest BCUT2D eigenvalue weighted by Crippen LogP contribution is 2.12. The van der Waals surface area contributed by atoms with Gasteiger partial charge in [0.25, 0.3) is 5.91 Å². The summed E-state index contributed by atoms with van der Waals surface area (Å²) in [4.78, 5) is 23.1. The average molecular weight is 341 g/mol. The summed E-state index contributed by atoms with van der Waals surface area (Å²) in [6.07, 6.45) is 0.387. The summed E-state index contributed by atoms with van der Waals surface area (Å²) in [6, 6.07) is 6.79. The Morgan fingerprint density at radius 2 is 2.09 bits per heavy atom.